The van der Waals surface area contributed by atoms with E-state index in [1.165, 1.54) is 4.90 Å². The van der Waals surface area contributed by atoms with Crippen molar-refractivity contribution >= 4 is 74.8 Å². The van der Waals surface area contributed by atoms with Crippen molar-refractivity contribution in [3.05, 3.63) is 65.4 Å². The molecule has 5 nitrogen and oxygen atoms in total. The zero-order valence-corrected chi connectivity index (χ0v) is 20.0. The Bertz CT molecular complexity index is 922. The molecule has 0 atom stereocenters. The molecule has 0 aliphatic carbocycles. The quantitative estimate of drug-likeness (QED) is 0.266. The van der Waals surface area contributed by atoms with Crippen LogP contribution in [-0.2, 0) is 11.4 Å². The van der Waals surface area contributed by atoms with Crippen LogP contribution < -0.4 is 10.1 Å². The van der Waals surface area contributed by atoms with E-state index in [0.29, 0.717) is 23.9 Å². The maximum atomic E-state index is 12.4. The van der Waals surface area contributed by atoms with Gasteiger partial charge in [-0.25, -0.2) is 4.79 Å². The number of rotatable bonds is 6. The van der Waals surface area contributed by atoms with Gasteiger partial charge in [0.05, 0.1) is 7.14 Å². The van der Waals surface area contributed by atoms with Crippen LogP contribution in [-0.4, -0.2) is 23.4 Å². The molecule has 0 spiro atoms. The highest BCUT2D eigenvalue weighted by atomic mass is 127. The number of nitrogens with one attached hydrogen (secondary N) is 1. The van der Waals surface area contributed by atoms with Crippen molar-refractivity contribution in [3.63, 3.8) is 0 Å². The molecule has 1 fully saturated rings. The van der Waals surface area contributed by atoms with Crippen molar-refractivity contribution in [2.45, 2.75) is 20.0 Å². The molecule has 1 N–H and O–H groups in total. The van der Waals surface area contributed by atoms with E-state index in [2.05, 4.69) is 50.5 Å². The van der Waals surface area contributed by atoms with E-state index in [1.54, 1.807) is 6.08 Å². The van der Waals surface area contributed by atoms with Crippen LogP contribution in [0.2, 0.25) is 5.02 Å². The predicted molar refractivity (Wildman–Crippen MR) is 126 cm³/mol. The van der Waals surface area contributed by atoms with E-state index in [-0.39, 0.29) is 11.9 Å². The zero-order valence-electron chi connectivity index (χ0n) is 15.0. The third-order valence-corrected chi connectivity index (χ3v) is 5.89. The fourth-order valence-electron chi connectivity index (χ4n) is 2.70. The lowest BCUT2D eigenvalue weighted by Gasteiger charge is -2.12. The molecule has 1 aliphatic rings. The average molecular weight is 623 g/mol. The first-order valence-corrected chi connectivity index (χ1v) is 11.1. The highest BCUT2D eigenvalue weighted by molar-refractivity contribution is 14.1. The molecule has 0 unspecified atom stereocenters. The largest absolute Gasteiger partial charge is 0.487 e. The van der Waals surface area contributed by atoms with Gasteiger partial charge < -0.3 is 10.1 Å². The summed E-state index contributed by atoms with van der Waals surface area (Å²) in [5.74, 6) is 0.493. The van der Waals surface area contributed by atoms with Crippen molar-refractivity contribution in [1.29, 1.82) is 0 Å². The number of hydrogen-bond acceptors (Lipinski definition) is 3. The van der Waals surface area contributed by atoms with Gasteiger partial charge in [-0.1, -0.05) is 30.7 Å². The number of halogens is 3. The van der Waals surface area contributed by atoms with Crippen molar-refractivity contribution in [1.82, 2.24) is 10.2 Å². The molecule has 3 rings (SSSR count). The van der Waals surface area contributed by atoms with Gasteiger partial charge in [0.2, 0.25) is 0 Å². The minimum atomic E-state index is -0.370. The second-order valence-electron chi connectivity index (χ2n) is 6.17. The highest BCUT2D eigenvalue weighted by Gasteiger charge is 2.32. The number of imide groups is 1. The van der Waals surface area contributed by atoms with Crippen LogP contribution in [0.25, 0.3) is 6.08 Å². The van der Waals surface area contributed by atoms with Gasteiger partial charge in [0.25, 0.3) is 5.91 Å². The van der Waals surface area contributed by atoms with Crippen LogP contribution in [0.5, 0.6) is 5.75 Å². The van der Waals surface area contributed by atoms with Gasteiger partial charge in [0.15, 0.2) is 0 Å². The van der Waals surface area contributed by atoms with Crippen molar-refractivity contribution in [2.75, 3.05) is 6.54 Å². The van der Waals surface area contributed by atoms with Crippen LogP contribution >= 0.6 is 56.8 Å². The first kappa shape index (κ1) is 21.4. The summed E-state index contributed by atoms with van der Waals surface area (Å²) in [4.78, 5) is 25.5. The van der Waals surface area contributed by atoms with E-state index < -0.39 is 0 Å². The first-order valence-electron chi connectivity index (χ1n) is 8.60. The molecule has 1 aliphatic heterocycles. The van der Waals surface area contributed by atoms with Gasteiger partial charge >= 0.3 is 6.03 Å². The maximum absolute atomic E-state index is 12.4. The zero-order chi connectivity index (χ0) is 20.3. The van der Waals surface area contributed by atoms with Crippen LogP contribution in [0, 0.1) is 7.14 Å². The Morgan fingerprint density at radius 1 is 1.14 bits per heavy atom. The number of carbonyl (C=O) groups is 2. The van der Waals surface area contributed by atoms with Gasteiger partial charge in [-0.15, -0.1) is 0 Å². The molecule has 0 bridgehead atoms. The summed E-state index contributed by atoms with van der Waals surface area (Å²) in [7, 11) is 0. The summed E-state index contributed by atoms with van der Waals surface area (Å²) in [6.45, 7) is 2.77. The molecular formula is C20H17ClI2N2O3. The van der Waals surface area contributed by atoms with Crippen LogP contribution in [0.3, 0.4) is 0 Å². The van der Waals surface area contributed by atoms with Gasteiger partial charge in [-0.05, 0) is 93.1 Å². The number of nitrogens with zero attached hydrogens (tertiary/aromatic N) is 1. The fraction of sp³-hybridized carbons (Fsp3) is 0.200. The lowest BCUT2D eigenvalue weighted by Crippen LogP contribution is -2.31. The van der Waals surface area contributed by atoms with Crippen LogP contribution in [0.15, 0.2) is 42.1 Å². The molecule has 2 aromatic rings. The molecule has 8 heteroatoms. The molecule has 0 aromatic heterocycles. The van der Waals surface area contributed by atoms with Gasteiger partial charge in [0.1, 0.15) is 18.1 Å². The topological polar surface area (TPSA) is 58.6 Å². The minimum Gasteiger partial charge on any atom is -0.487 e. The normalized spacial score (nSPS) is 15.3. The standard InChI is InChI=1S/C20H17ClI2N2O3/c1-2-7-25-19(26)17(24-20(25)27)10-13-8-15(22)18(16(23)9-13)28-11-12-3-5-14(21)6-4-12/h3-6,8-10H,2,7,11H2,1H3,(H,24,27)/b17-10+. The summed E-state index contributed by atoms with van der Waals surface area (Å²) >= 11 is 10.3. The minimum absolute atomic E-state index is 0.292. The Hall–Kier alpha value is -1.33. The first-order chi connectivity index (χ1) is 13.4. The molecule has 0 radical (unpaired) electrons. The summed E-state index contributed by atoms with van der Waals surface area (Å²) in [5.41, 5.74) is 2.15. The highest BCUT2D eigenvalue weighted by Crippen LogP contribution is 2.31. The van der Waals surface area contributed by atoms with E-state index >= 15 is 0 Å². The van der Waals surface area contributed by atoms with Gasteiger partial charge in [0, 0.05) is 11.6 Å². The third kappa shape index (κ3) is 4.98. The van der Waals surface area contributed by atoms with Crippen molar-refractivity contribution < 1.29 is 14.3 Å². The van der Waals surface area contributed by atoms with Crippen molar-refractivity contribution in [2.24, 2.45) is 0 Å². The number of benzene rings is 2. The van der Waals surface area contributed by atoms with E-state index in [9.17, 15) is 9.59 Å². The Morgan fingerprint density at radius 3 is 2.39 bits per heavy atom. The van der Waals surface area contributed by atoms with Gasteiger partial charge in [-0.3, -0.25) is 9.69 Å². The Balaban J connectivity index is 1.77. The molecule has 3 amide bonds. The lowest BCUT2D eigenvalue weighted by molar-refractivity contribution is -0.122. The Labute approximate surface area is 195 Å². The summed E-state index contributed by atoms with van der Waals surface area (Å²) in [5, 5.41) is 3.33. The second kappa shape index (κ2) is 9.45. The SMILES string of the molecule is CCCN1C(=O)N/C(=C/c2cc(I)c(OCc3ccc(Cl)cc3)c(I)c2)C1=O. The van der Waals surface area contributed by atoms with E-state index in [1.807, 2.05) is 43.3 Å². The predicted octanol–water partition coefficient (Wildman–Crippen LogP) is 5.43. The Morgan fingerprint density at radius 2 is 1.79 bits per heavy atom. The molecule has 1 saturated heterocycles. The number of amides is 3. The monoisotopic (exact) mass is 622 g/mol. The van der Waals surface area contributed by atoms with E-state index in [0.717, 1.165) is 30.4 Å². The van der Waals surface area contributed by atoms with Gasteiger partial charge in [-0.2, -0.15) is 0 Å². The van der Waals surface area contributed by atoms with Crippen LogP contribution in [0.4, 0.5) is 4.79 Å². The average Bonchev–Trinajstić information content (AvgIpc) is 2.90. The molecule has 2 aromatic carbocycles. The molecule has 1 heterocycles. The molecular weight excluding hydrogens is 605 g/mol. The maximum Gasteiger partial charge on any atom is 0.329 e. The number of hydrogen-bond donors (Lipinski definition) is 1. The fourth-order valence-corrected chi connectivity index (χ4v) is 4.96. The van der Waals surface area contributed by atoms with Crippen molar-refractivity contribution in [3.8, 4) is 5.75 Å². The van der Waals surface area contributed by atoms with Crippen LogP contribution in [0.1, 0.15) is 24.5 Å². The summed E-state index contributed by atoms with van der Waals surface area (Å²) in [6, 6.07) is 11.0. The van der Waals surface area contributed by atoms with E-state index in [4.69, 9.17) is 16.3 Å². The molecule has 146 valence electrons. The number of ether oxygens (including phenoxy) is 1. The summed E-state index contributed by atoms with van der Waals surface area (Å²) in [6.07, 6.45) is 2.42. The summed E-state index contributed by atoms with van der Waals surface area (Å²) < 4.78 is 7.83. The molecule has 28 heavy (non-hydrogen) atoms. The smallest absolute Gasteiger partial charge is 0.329 e. The second-order valence-corrected chi connectivity index (χ2v) is 8.93. The number of carbonyl (C=O) groups excluding carboxylic acids is 2. The number of urea groups is 1. The lowest BCUT2D eigenvalue weighted by atomic mass is 10.2. The molecule has 0 saturated carbocycles. The third-order valence-electron chi connectivity index (χ3n) is 4.04. The Kier molecular flexibility index (Phi) is 7.21.